The highest BCUT2D eigenvalue weighted by Crippen LogP contribution is 2.29. The standard InChI is InChI=1S/C11H10.C10H11NO.C10H9NO.C10H13N.C10H9N.C9H11NO.C8H8N2.C8H7NO2.C6H7N/c1-9-5-4-7-10-6-2-3-8-11(9)10;2*1-11-9-5-3-2-4-8(9)6-7-10(11)12;1-11-8-4-6-9-5-2-3-7-10(9)11;1-8-10-5-3-2-4-9(10)6-7-11-8;1-10-8-5-3-2-4-7(8)6-9(10)11;1-7-8-4-2-3-5-10(8)6-9-7;1-9-6-4-2-3-5-7(6)11-8(9)10;1-6-4-2-3-5-7-6/h2-8H,1H3;2-5H,6-7H2,1H3;2-7H,1H3;2-3,5,7H,4,6,8H2,1H3;2-7H,1H3;2-5,7-8H,6H2,1H3;2-6H,1H3;2-5H,1H3;2-5H,1H3. The van der Waals surface area contributed by atoms with Crippen molar-refractivity contribution in [3.8, 4) is 0 Å². The number of amides is 2. The van der Waals surface area contributed by atoms with Gasteiger partial charge in [-0.05, 0) is 152 Å². The molecule has 3 aliphatic heterocycles. The van der Waals surface area contributed by atoms with E-state index in [1.54, 1.807) is 41.9 Å². The highest BCUT2D eigenvalue weighted by atomic mass is 16.4. The van der Waals surface area contributed by atoms with Crippen molar-refractivity contribution in [2.45, 2.75) is 65.8 Å². The van der Waals surface area contributed by atoms with Crippen LogP contribution in [0.4, 0.5) is 11.4 Å². The third kappa shape index (κ3) is 18.3. The summed E-state index contributed by atoms with van der Waals surface area (Å²) in [5, 5.41) is 6.29. The molecule has 7 aromatic carbocycles. The number of rotatable bonds is 0. The van der Waals surface area contributed by atoms with Crippen LogP contribution in [0.3, 0.4) is 0 Å². The molecule has 13 aromatic rings. The number of likely N-dealkylation sites (N-methyl/N-ethyl adjacent to an activating group) is 1. The van der Waals surface area contributed by atoms with E-state index in [4.69, 9.17) is 4.42 Å². The molecule has 96 heavy (non-hydrogen) atoms. The molecule has 0 radical (unpaired) electrons. The number of carbonyl (C=O) groups is 2. The molecule has 14 nitrogen and oxygen atoms in total. The zero-order valence-corrected chi connectivity index (χ0v) is 56.4. The van der Waals surface area contributed by atoms with Crippen LogP contribution in [0.5, 0.6) is 0 Å². The number of hydrogen-bond donors (Lipinski definition) is 0. The smallest absolute Gasteiger partial charge is 0.408 e. The number of nitrogens with zero attached hydrogens (tertiary/aromatic N) is 9. The number of benzene rings is 7. The minimum atomic E-state index is -0.314. The third-order valence-corrected chi connectivity index (χ3v) is 17.2. The summed E-state index contributed by atoms with van der Waals surface area (Å²) in [4.78, 5) is 62.8. The molecule has 4 aliphatic rings. The number of pyridine rings is 4. The van der Waals surface area contributed by atoms with E-state index in [0.29, 0.717) is 30.4 Å². The van der Waals surface area contributed by atoms with Crippen LogP contribution in [0.1, 0.15) is 53.0 Å². The average Bonchev–Trinajstić information content (AvgIpc) is 1.09. The van der Waals surface area contributed by atoms with Gasteiger partial charge in [0, 0.05) is 113 Å². The molecule has 17 rings (SSSR count). The molecule has 0 saturated carbocycles. The van der Waals surface area contributed by atoms with Crippen molar-refractivity contribution >= 4 is 72.3 Å². The maximum Gasteiger partial charge on any atom is 0.419 e. The number of para-hydroxylation sites is 5. The Morgan fingerprint density at radius 3 is 1.75 bits per heavy atom. The second kappa shape index (κ2) is 34.1. The molecular formula is C82H85N9O5. The molecule has 2 unspecified atom stereocenters. The monoisotopic (exact) mass is 1280 g/mol. The van der Waals surface area contributed by atoms with Gasteiger partial charge < -0.3 is 28.1 Å². The predicted molar refractivity (Wildman–Crippen MR) is 394 cm³/mol. The number of aryl methyl sites for hydroxylation is 8. The van der Waals surface area contributed by atoms with Crippen molar-refractivity contribution in [2.24, 2.45) is 20.0 Å². The fourth-order valence-electron chi connectivity index (χ4n) is 11.7. The molecule has 0 bridgehead atoms. The summed E-state index contributed by atoms with van der Waals surface area (Å²) in [7, 11) is 9.34. The second-order valence-corrected chi connectivity index (χ2v) is 23.8. The lowest BCUT2D eigenvalue weighted by Gasteiger charge is -2.26. The summed E-state index contributed by atoms with van der Waals surface area (Å²) < 4.78 is 10.0. The molecule has 0 N–H and O–H groups in total. The summed E-state index contributed by atoms with van der Waals surface area (Å²) in [5.41, 5.74) is 13.5. The lowest BCUT2D eigenvalue weighted by atomic mass is 9.96. The average molecular weight is 1280 g/mol. The number of allylic oxidation sites excluding steroid dienone is 2. The highest BCUT2D eigenvalue weighted by Gasteiger charge is 2.34. The molecule has 1 saturated heterocycles. The normalized spacial score (nSPS) is 14.4. The van der Waals surface area contributed by atoms with Gasteiger partial charge in [-0.1, -0.05) is 170 Å². The van der Waals surface area contributed by atoms with Crippen LogP contribution in [0.25, 0.3) is 49.1 Å². The highest BCUT2D eigenvalue weighted by molar-refractivity contribution is 5.96. The minimum absolute atomic E-state index is 0.0358. The van der Waals surface area contributed by atoms with Crippen LogP contribution >= 0.6 is 0 Å². The quantitative estimate of drug-likeness (QED) is 0.145. The molecule has 488 valence electrons. The summed E-state index contributed by atoms with van der Waals surface area (Å²) in [5.74, 6) is 0.591. The van der Waals surface area contributed by atoms with Gasteiger partial charge >= 0.3 is 5.76 Å². The molecule has 6 aromatic heterocycles. The Kier molecular flexibility index (Phi) is 24.5. The van der Waals surface area contributed by atoms with E-state index < -0.39 is 0 Å². The van der Waals surface area contributed by atoms with Gasteiger partial charge in [-0.25, -0.2) is 9.78 Å². The number of imidazole rings is 1. The molecule has 1 fully saturated rings. The van der Waals surface area contributed by atoms with Crippen LogP contribution in [-0.2, 0) is 36.5 Å². The van der Waals surface area contributed by atoms with E-state index in [1.165, 1.54) is 73.4 Å². The van der Waals surface area contributed by atoms with E-state index in [-0.39, 0.29) is 23.1 Å². The summed E-state index contributed by atoms with van der Waals surface area (Å²) in [6, 6.07) is 72.7. The molecule has 14 heteroatoms. The Morgan fingerprint density at radius 2 is 1.07 bits per heavy atom. The van der Waals surface area contributed by atoms with Crippen LogP contribution < -0.4 is 21.1 Å². The number of hydrogen-bond acceptors (Lipinski definition) is 9. The molecule has 9 heterocycles. The Morgan fingerprint density at radius 1 is 0.458 bits per heavy atom. The van der Waals surface area contributed by atoms with E-state index in [1.807, 2.05) is 190 Å². The van der Waals surface area contributed by atoms with Gasteiger partial charge in [0.1, 0.15) is 0 Å². The van der Waals surface area contributed by atoms with Gasteiger partial charge in [0.15, 0.2) is 5.58 Å². The van der Waals surface area contributed by atoms with Crippen molar-refractivity contribution in [1.29, 1.82) is 0 Å². The largest absolute Gasteiger partial charge is 0.419 e. The Balaban J connectivity index is 0.000000127. The van der Waals surface area contributed by atoms with Crippen LogP contribution in [-0.4, -0.2) is 78.9 Å². The van der Waals surface area contributed by atoms with E-state index >= 15 is 0 Å². The first-order valence-corrected chi connectivity index (χ1v) is 32.4. The van der Waals surface area contributed by atoms with Gasteiger partial charge in [-0.2, -0.15) is 0 Å². The number of aromatic nitrogens is 6. The van der Waals surface area contributed by atoms with Gasteiger partial charge in [0.05, 0.1) is 34.6 Å². The first-order chi connectivity index (χ1) is 46.6. The maximum absolute atomic E-state index is 11.3. The van der Waals surface area contributed by atoms with E-state index in [2.05, 4.69) is 137 Å². The fourth-order valence-corrected chi connectivity index (χ4v) is 11.7. The van der Waals surface area contributed by atoms with Crippen LogP contribution in [0.15, 0.2) is 282 Å². The topological polar surface area (TPSA) is 144 Å². The van der Waals surface area contributed by atoms with Crippen molar-refractivity contribution in [1.82, 2.24) is 33.4 Å². The zero-order valence-electron chi connectivity index (χ0n) is 56.4. The Bertz CT molecular complexity index is 4800. The van der Waals surface area contributed by atoms with Crippen LogP contribution in [0.2, 0.25) is 0 Å². The first kappa shape index (κ1) is 69.1. The fraction of sp³-hybridized carbons (Fsp3) is 0.207. The number of oxazole rings is 1. The minimum Gasteiger partial charge on any atom is -0.408 e. The zero-order chi connectivity index (χ0) is 67.9. The van der Waals surface area contributed by atoms with E-state index in [9.17, 15) is 19.2 Å². The number of likely N-dealkylation sites (tertiary alicyclic amines) is 1. The SMILES string of the molecule is CN1C(=O)CC2C=CC=CC21.CN1C(=O)CCc2ccccc21.CN1CCCc2ccccc21.Cc1cccc2ccccc12.Cc1ccccn1.Cc1nccc2ccccc12.Cc1ncn2ccccc12.Cn1c(=O)ccc2ccccc21.Cn1c(=O)oc2ccccc21. The lowest BCUT2D eigenvalue weighted by Crippen LogP contribution is -2.30. The molecule has 2 atom stereocenters. The van der Waals surface area contributed by atoms with Gasteiger partial charge in [0.2, 0.25) is 11.8 Å². The van der Waals surface area contributed by atoms with Crippen molar-refractivity contribution in [3.05, 3.63) is 322 Å². The van der Waals surface area contributed by atoms with Gasteiger partial charge in [0.25, 0.3) is 5.56 Å². The Hall–Kier alpha value is -11.3. The first-order valence-electron chi connectivity index (χ1n) is 32.4. The Labute approximate surface area is 562 Å². The molecular weight excluding hydrogens is 1190 g/mol. The lowest BCUT2D eigenvalue weighted by molar-refractivity contribution is -0.127. The number of anilines is 2. The summed E-state index contributed by atoms with van der Waals surface area (Å²) >= 11 is 0. The third-order valence-electron chi connectivity index (χ3n) is 17.2. The maximum atomic E-state index is 11.3. The van der Waals surface area contributed by atoms with Crippen molar-refractivity contribution in [3.63, 3.8) is 0 Å². The van der Waals surface area contributed by atoms with Crippen molar-refractivity contribution in [2.75, 3.05) is 37.5 Å². The number of fused-ring (bicyclic) bond motifs is 8. The number of carbonyl (C=O) groups excluding carboxylic acids is 2. The van der Waals surface area contributed by atoms with Crippen molar-refractivity contribution < 1.29 is 14.0 Å². The molecule has 0 spiro atoms. The second-order valence-electron chi connectivity index (χ2n) is 23.8. The summed E-state index contributed by atoms with van der Waals surface area (Å²) in [6.45, 7) is 9.36. The van der Waals surface area contributed by atoms with Gasteiger partial charge in [-0.3, -0.25) is 28.9 Å². The molecule has 1 aliphatic carbocycles. The van der Waals surface area contributed by atoms with E-state index in [0.717, 1.165) is 45.6 Å². The van der Waals surface area contributed by atoms with Gasteiger partial charge in [-0.15, -0.1) is 0 Å². The molecule has 2 amide bonds. The van der Waals surface area contributed by atoms with Crippen LogP contribution in [0, 0.1) is 33.6 Å². The predicted octanol–water partition coefficient (Wildman–Crippen LogP) is 16.0. The summed E-state index contributed by atoms with van der Waals surface area (Å²) in [6.07, 6.45) is 20.5.